The van der Waals surface area contributed by atoms with Crippen molar-refractivity contribution in [2.75, 3.05) is 32.2 Å². The fourth-order valence-corrected chi connectivity index (χ4v) is 4.00. The minimum atomic E-state index is -1.31. The number of rotatable bonds is 5. The highest BCUT2D eigenvalue weighted by molar-refractivity contribution is 6.10. The van der Waals surface area contributed by atoms with Gasteiger partial charge in [-0.3, -0.25) is 14.5 Å². The first-order valence-corrected chi connectivity index (χ1v) is 9.64. The van der Waals surface area contributed by atoms with E-state index in [0.29, 0.717) is 23.6 Å². The summed E-state index contributed by atoms with van der Waals surface area (Å²) >= 11 is 0. The highest BCUT2D eigenvalue weighted by Gasteiger charge is 2.50. The van der Waals surface area contributed by atoms with Crippen LogP contribution in [0.25, 0.3) is 0 Å². The summed E-state index contributed by atoms with van der Waals surface area (Å²) in [6, 6.07) is 12.1. The molecule has 2 aromatic rings. The van der Waals surface area contributed by atoms with E-state index in [2.05, 4.69) is 5.32 Å². The zero-order chi connectivity index (χ0) is 21.5. The summed E-state index contributed by atoms with van der Waals surface area (Å²) in [5.41, 5.74) is 1.15. The third-order valence-corrected chi connectivity index (χ3v) is 5.72. The topological polar surface area (TPSA) is 88.2 Å². The molecule has 0 unspecified atom stereocenters. The SMILES string of the molecule is COc1ccc([C@]2(C)NC(=O)N(CC(=O)N3CCc4ccccc43)C2=O)cc1OC. The van der Waals surface area contributed by atoms with Gasteiger partial charge in [-0.25, -0.2) is 4.79 Å². The molecule has 8 nitrogen and oxygen atoms in total. The molecule has 2 aliphatic rings. The number of benzene rings is 2. The smallest absolute Gasteiger partial charge is 0.325 e. The zero-order valence-corrected chi connectivity index (χ0v) is 17.1. The van der Waals surface area contributed by atoms with Crippen LogP contribution in [0.1, 0.15) is 18.1 Å². The summed E-state index contributed by atoms with van der Waals surface area (Å²) in [6.07, 6.45) is 0.755. The number of nitrogens with one attached hydrogen (secondary N) is 1. The number of nitrogens with zero attached hydrogens (tertiary/aromatic N) is 2. The van der Waals surface area contributed by atoms with E-state index in [9.17, 15) is 14.4 Å². The molecule has 0 aliphatic carbocycles. The van der Waals surface area contributed by atoms with Gasteiger partial charge in [-0.15, -0.1) is 0 Å². The average molecular weight is 409 g/mol. The number of hydrogen-bond donors (Lipinski definition) is 1. The second-order valence-corrected chi connectivity index (χ2v) is 7.44. The molecular formula is C22H23N3O5. The third-order valence-electron chi connectivity index (χ3n) is 5.72. The number of fused-ring (bicyclic) bond motifs is 1. The van der Waals surface area contributed by atoms with Gasteiger partial charge in [0.1, 0.15) is 12.1 Å². The Kier molecular flexibility index (Phi) is 4.85. The highest BCUT2D eigenvalue weighted by Crippen LogP contribution is 2.35. The lowest BCUT2D eigenvalue weighted by atomic mass is 9.91. The molecule has 1 fully saturated rings. The first-order valence-electron chi connectivity index (χ1n) is 9.64. The molecule has 1 atom stereocenters. The van der Waals surface area contributed by atoms with Crippen molar-refractivity contribution in [2.24, 2.45) is 0 Å². The number of methoxy groups -OCH3 is 2. The van der Waals surface area contributed by atoms with Gasteiger partial charge in [0, 0.05) is 12.2 Å². The minimum Gasteiger partial charge on any atom is -0.493 e. The van der Waals surface area contributed by atoms with E-state index >= 15 is 0 Å². The molecule has 0 saturated carbocycles. The Morgan fingerprint density at radius 2 is 1.83 bits per heavy atom. The van der Waals surface area contributed by atoms with Crippen LogP contribution in [0.15, 0.2) is 42.5 Å². The maximum Gasteiger partial charge on any atom is 0.325 e. The van der Waals surface area contributed by atoms with Crippen molar-refractivity contribution in [1.29, 1.82) is 0 Å². The number of ether oxygens (including phenoxy) is 2. The Bertz CT molecular complexity index is 1040. The summed E-state index contributed by atoms with van der Waals surface area (Å²) in [6.45, 7) is 1.83. The van der Waals surface area contributed by atoms with Crippen molar-refractivity contribution < 1.29 is 23.9 Å². The molecule has 4 rings (SSSR count). The molecule has 1 N–H and O–H groups in total. The van der Waals surface area contributed by atoms with E-state index in [1.54, 1.807) is 30.0 Å². The Morgan fingerprint density at radius 1 is 1.10 bits per heavy atom. The predicted octanol–water partition coefficient (Wildman–Crippen LogP) is 2.06. The van der Waals surface area contributed by atoms with Crippen molar-refractivity contribution >= 4 is 23.5 Å². The van der Waals surface area contributed by atoms with Crippen LogP contribution in [0.3, 0.4) is 0 Å². The number of carbonyl (C=O) groups is 3. The second kappa shape index (κ2) is 7.37. The minimum absolute atomic E-state index is 0.292. The fourth-order valence-electron chi connectivity index (χ4n) is 4.00. The Labute approximate surface area is 174 Å². The molecule has 2 aromatic carbocycles. The van der Waals surface area contributed by atoms with Crippen LogP contribution in [0.4, 0.5) is 10.5 Å². The maximum absolute atomic E-state index is 13.2. The van der Waals surface area contributed by atoms with Crippen molar-refractivity contribution in [1.82, 2.24) is 10.2 Å². The number of urea groups is 1. The van der Waals surface area contributed by atoms with Gasteiger partial charge in [-0.05, 0) is 42.7 Å². The third kappa shape index (κ3) is 3.04. The highest BCUT2D eigenvalue weighted by atomic mass is 16.5. The summed E-state index contributed by atoms with van der Waals surface area (Å²) in [5.74, 6) is 0.184. The van der Waals surface area contributed by atoms with Crippen LogP contribution >= 0.6 is 0 Å². The van der Waals surface area contributed by atoms with Crippen LogP contribution in [0.2, 0.25) is 0 Å². The molecule has 156 valence electrons. The second-order valence-electron chi connectivity index (χ2n) is 7.44. The van der Waals surface area contributed by atoms with Crippen molar-refractivity contribution in [3.05, 3.63) is 53.6 Å². The lowest BCUT2D eigenvalue weighted by molar-refractivity contribution is -0.134. The number of carbonyl (C=O) groups excluding carboxylic acids is 3. The zero-order valence-electron chi connectivity index (χ0n) is 17.1. The van der Waals surface area contributed by atoms with Crippen molar-refractivity contribution in [2.45, 2.75) is 18.9 Å². The molecule has 8 heteroatoms. The molecule has 0 bridgehead atoms. The molecule has 2 aliphatic heterocycles. The van der Waals surface area contributed by atoms with Gasteiger partial charge in [0.15, 0.2) is 11.5 Å². The molecule has 4 amide bonds. The Balaban J connectivity index is 1.57. The van der Waals surface area contributed by atoms with Crippen LogP contribution in [0, 0.1) is 0 Å². The standard InChI is InChI=1S/C22H23N3O5/c1-22(15-8-9-17(29-2)18(12-15)30-3)20(27)25(21(28)23-22)13-19(26)24-11-10-14-6-4-5-7-16(14)24/h4-9,12H,10-11,13H2,1-3H3,(H,23,28)/t22-/m0/s1. The van der Waals surface area contributed by atoms with E-state index in [1.807, 2.05) is 24.3 Å². The summed E-state index contributed by atoms with van der Waals surface area (Å²) in [7, 11) is 3.02. The Hall–Kier alpha value is -3.55. The molecule has 2 heterocycles. The monoisotopic (exact) mass is 409 g/mol. The summed E-state index contributed by atoms with van der Waals surface area (Å²) in [4.78, 5) is 41.3. The number of amides is 4. The molecule has 1 saturated heterocycles. The van der Waals surface area contributed by atoms with Crippen molar-refractivity contribution in [3.63, 3.8) is 0 Å². The number of imide groups is 1. The Morgan fingerprint density at radius 3 is 2.57 bits per heavy atom. The van der Waals surface area contributed by atoms with Crippen LogP contribution in [-0.2, 0) is 21.5 Å². The van der Waals surface area contributed by atoms with Gasteiger partial charge in [-0.1, -0.05) is 24.3 Å². The summed E-state index contributed by atoms with van der Waals surface area (Å²) in [5, 5.41) is 2.72. The van der Waals surface area contributed by atoms with E-state index < -0.39 is 17.5 Å². The maximum atomic E-state index is 13.2. The van der Waals surface area contributed by atoms with Gasteiger partial charge >= 0.3 is 6.03 Å². The van der Waals surface area contributed by atoms with Gasteiger partial charge in [0.2, 0.25) is 5.91 Å². The molecule has 30 heavy (non-hydrogen) atoms. The number of hydrogen-bond acceptors (Lipinski definition) is 5. The molecule has 0 radical (unpaired) electrons. The van der Waals surface area contributed by atoms with Crippen LogP contribution in [0.5, 0.6) is 11.5 Å². The van der Waals surface area contributed by atoms with Crippen LogP contribution in [-0.4, -0.2) is 50.1 Å². The van der Waals surface area contributed by atoms with E-state index in [4.69, 9.17) is 9.47 Å². The largest absolute Gasteiger partial charge is 0.493 e. The normalized spacial score (nSPS) is 20.2. The lowest BCUT2D eigenvalue weighted by Gasteiger charge is -2.24. The van der Waals surface area contributed by atoms with E-state index in [1.165, 1.54) is 14.2 Å². The van der Waals surface area contributed by atoms with Gasteiger partial charge in [0.25, 0.3) is 5.91 Å². The van der Waals surface area contributed by atoms with Crippen LogP contribution < -0.4 is 19.7 Å². The van der Waals surface area contributed by atoms with Gasteiger partial charge in [-0.2, -0.15) is 0 Å². The average Bonchev–Trinajstić information content (AvgIpc) is 3.28. The van der Waals surface area contributed by atoms with Gasteiger partial charge in [0.05, 0.1) is 14.2 Å². The van der Waals surface area contributed by atoms with Gasteiger partial charge < -0.3 is 19.7 Å². The van der Waals surface area contributed by atoms with E-state index in [0.717, 1.165) is 22.6 Å². The molecule has 0 aromatic heterocycles. The first-order chi connectivity index (χ1) is 14.4. The lowest BCUT2D eigenvalue weighted by Crippen LogP contribution is -2.44. The van der Waals surface area contributed by atoms with Crippen molar-refractivity contribution in [3.8, 4) is 11.5 Å². The summed E-state index contributed by atoms with van der Waals surface area (Å²) < 4.78 is 10.5. The molecular weight excluding hydrogens is 386 g/mol. The number of anilines is 1. The van der Waals surface area contributed by atoms with E-state index in [-0.39, 0.29) is 12.5 Å². The quantitative estimate of drug-likeness (QED) is 0.764. The molecule has 0 spiro atoms. The fraction of sp³-hybridized carbons (Fsp3) is 0.318. The first kappa shape index (κ1) is 19.8. The predicted molar refractivity (Wildman–Crippen MR) is 110 cm³/mol. The number of para-hydroxylation sites is 1.